The van der Waals surface area contributed by atoms with E-state index in [1.165, 1.54) is 12.4 Å². The van der Waals surface area contributed by atoms with E-state index < -0.39 is 8.32 Å². The molecule has 43 heavy (non-hydrogen) atoms. The Kier molecular flexibility index (Phi) is 12.1. The Balaban J connectivity index is 0.000000248. The summed E-state index contributed by atoms with van der Waals surface area (Å²) in [7, 11) is 1.52. The number of benzene rings is 2. The smallest absolute Gasteiger partial charge is 0.269 e. The van der Waals surface area contributed by atoms with Crippen LogP contribution in [0.4, 0.5) is 0 Å². The van der Waals surface area contributed by atoms with Crippen molar-refractivity contribution in [3.63, 3.8) is 0 Å². The maximum absolute atomic E-state index is 12.2. The van der Waals surface area contributed by atoms with Gasteiger partial charge < -0.3 is 28.1 Å². The molecular weight excluding hydrogens is 564 g/mol. The highest BCUT2D eigenvalue weighted by Gasteiger charge is 2.36. The highest BCUT2D eigenvalue weighted by atomic mass is 28.4. The lowest BCUT2D eigenvalue weighted by Crippen LogP contribution is -2.41. The van der Waals surface area contributed by atoms with Gasteiger partial charge in [-0.2, -0.15) is 0 Å². The van der Waals surface area contributed by atoms with E-state index in [9.17, 15) is 9.59 Å². The number of nitrogens with zero attached hydrogens (tertiary/aromatic N) is 4. The lowest BCUT2D eigenvalue weighted by Gasteiger charge is -2.36. The number of aryl methyl sites for hydroxylation is 2. The molecule has 0 amide bonds. The number of rotatable bonds is 12. The molecule has 0 saturated carbocycles. The molecule has 0 fully saturated rings. The lowest BCUT2D eigenvalue weighted by molar-refractivity contribution is 0.276. The van der Waals surface area contributed by atoms with E-state index in [0.29, 0.717) is 25.3 Å². The minimum atomic E-state index is -1.70. The largest absolute Gasteiger partial charge is 0.497 e. The molecule has 0 aliphatic carbocycles. The van der Waals surface area contributed by atoms with Crippen LogP contribution in [0.3, 0.4) is 0 Å². The van der Waals surface area contributed by atoms with Gasteiger partial charge in [-0.1, -0.05) is 20.8 Å². The fraction of sp³-hybridized carbons (Fsp3) is 0.500. The number of aliphatic hydroxyl groups is 1. The van der Waals surface area contributed by atoms with Gasteiger partial charge >= 0.3 is 0 Å². The van der Waals surface area contributed by atoms with Crippen molar-refractivity contribution in [2.45, 2.75) is 77.7 Å². The highest BCUT2D eigenvalue weighted by Crippen LogP contribution is 2.36. The van der Waals surface area contributed by atoms with Crippen molar-refractivity contribution >= 4 is 30.4 Å². The average Bonchev–Trinajstić information content (AvgIpc) is 2.98. The maximum Gasteiger partial charge on any atom is 0.269 e. The Bertz CT molecular complexity index is 1610. The first kappa shape index (κ1) is 34.0. The van der Waals surface area contributed by atoms with Crippen molar-refractivity contribution in [2.24, 2.45) is 0 Å². The van der Waals surface area contributed by atoms with Gasteiger partial charge in [0, 0.05) is 38.4 Å². The second kappa shape index (κ2) is 15.3. The Morgan fingerprint density at radius 2 is 1.23 bits per heavy atom. The molecule has 2 aromatic carbocycles. The quantitative estimate of drug-likeness (QED) is 0.168. The molecular formula is C32H46N4O6Si. The number of aliphatic hydroxyl groups excluding tert-OH is 1. The van der Waals surface area contributed by atoms with Gasteiger partial charge in [0.05, 0.1) is 48.7 Å². The Labute approximate surface area is 254 Å². The minimum absolute atomic E-state index is 0.0777. The third-order valence-electron chi connectivity index (χ3n) is 7.94. The molecule has 0 saturated heterocycles. The molecule has 0 aliphatic rings. The number of hydrogen-bond acceptors (Lipinski definition) is 8. The summed E-state index contributed by atoms with van der Waals surface area (Å²) in [5, 5.41) is 9.01. The molecule has 4 rings (SSSR count). The van der Waals surface area contributed by atoms with Gasteiger partial charge in [0.15, 0.2) is 8.32 Å². The molecule has 2 heterocycles. The monoisotopic (exact) mass is 610 g/mol. The molecule has 10 nitrogen and oxygen atoms in total. The number of hydrogen-bond donors (Lipinski definition) is 1. The van der Waals surface area contributed by atoms with Gasteiger partial charge in [-0.15, -0.1) is 0 Å². The fourth-order valence-electron chi connectivity index (χ4n) is 4.30. The minimum Gasteiger partial charge on any atom is -0.497 e. The SMILES string of the molecule is COc1ccc2ncc(=O)n(CCCCO)c2c1.COc1ccc2ncc(=O)n(CCCCO[Si](C)(C)C(C)(C)C)c2c1. The van der Waals surface area contributed by atoms with Gasteiger partial charge in [0.1, 0.15) is 11.5 Å². The van der Waals surface area contributed by atoms with Crippen LogP contribution in [0.2, 0.25) is 18.1 Å². The van der Waals surface area contributed by atoms with Gasteiger partial charge in [0.25, 0.3) is 11.1 Å². The Hall–Kier alpha value is -3.54. The van der Waals surface area contributed by atoms with Gasteiger partial charge in [-0.25, -0.2) is 9.97 Å². The normalized spacial score (nSPS) is 11.8. The number of aromatic nitrogens is 4. The predicted octanol–water partition coefficient (Wildman–Crippen LogP) is 5.38. The molecule has 0 aliphatic heterocycles. The molecule has 0 unspecified atom stereocenters. The third kappa shape index (κ3) is 8.98. The zero-order chi connectivity index (χ0) is 31.6. The summed E-state index contributed by atoms with van der Waals surface area (Å²) in [6.07, 6.45) is 5.99. The van der Waals surface area contributed by atoms with Crippen LogP contribution >= 0.6 is 0 Å². The summed E-state index contributed by atoms with van der Waals surface area (Å²) < 4.78 is 20.1. The van der Waals surface area contributed by atoms with Crippen molar-refractivity contribution in [2.75, 3.05) is 27.4 Å². The van der Waals surface area contributed by atoms with Crippen molar-refractivity contribution in [3.8, 4) is 11.5 Å². The van der Waals surface area contributed by atoms with Crippen LogP contribution in [0, 0.1) is 0 Å². The molecule has 0 atom stereocenters. The molecule has 0 radical (unpaired) electrons. The van der Waals surface area contributed by atoms with Gasteiger partial charge in [-0.05, 0) is 68.1 Å². The van der Waals surface area contributed by atoms with Crippen molar-refractivity contribution in [3.05, 3.63) is 69.5 Å². The van der Waals surface area contributed by atoms with Crippen LogP contribution in [0.25, 0.3) is 22.1 Å². The van der Waals surface area contributed by atoms with Gasteiger partial charge in [0.2, 0.25) is 0 Å². The maximum atomic E-state index is 12.2. The summed E-state index contributed by atoms with van der Waals surface area (Å²) in [5.41, 5.74) is 2.94. The lowest BCUT2D eigenvalue weighted by atomic mass is 10.2. The van der Waals surface area contributed by atoms with E-state index in [4.69, 9.17) is 19.0 Å². The Morgan fingerprint density at radius 1 is 0.767 bits per heavy atom. The van der Waals surface area contributed by atoms with E-state index >= 15 is 0 Å². The topological polar surface area (TPSA) is 118 Å². The number of ether oxygens (including phenoxy) is 2. The number of unbranched alkanes of at least 4 members (excludes halogenated alkanes) is 2. The zero-order valence-corrected chi connectivity index (χ0v) is 27.6. The molecule has 11 heteroatoms. The van der Waals surface area contributed by atoms with E-state index in [1.54, 1.807) is 23.4 Å². The highest BCUT2D eigenvalue weighted by molar-refractivity contribution is 6.74. The summed E-state index contributed by atoms with van der Waals surface area (Å²) in [6, 6.07) is 11.1. The predicted molar refractivity (Wildman–Crippen MR) is 174 cm³/mol. The molecule has 1 N–H and O–H groups in total. The average molecular weight is 611 g/mol. The van der Waals surface area contributed by atoms with E-state index in [1.807, 2.05) is 36.4 Å². The second-order valence-electron chi connectivity index (χ2n) is 12.0. The number of fused-ring (bicyclic) bond motifs is 2. The molecule has 234 valence electrons. The van der Waals surface area contributed by atoms with Crippen LogP contribution in [0.1, 0.15) is 46.5 Å². The van der Waals surface area contributed by atoms with Crippen molar-refractivity contribution < 1.29 is 19.0 Å². The first-order valence-electron chi connectivity index (χ1n) is 14.7. The molecule has 4 aromatic rings. The van der Waals surface area contributed by atoms with E-state index in [-0.39, 0.29) is 22.8 Å². The third-order valence-corrected chi connectivity index (χ3v) is 12.5. The van der Waals surface area contributed by atoms with Crippen LogP contribution < -0.4 is 20.6 Å². The van der Waals surface area contributed by atoms with Gasteiger partial charge in [-0.3, -0.25) is 9.59 Å². The van der Waals surface area contributed by atoms with Crippen molar-refractivity contribution in [1.82, 2.24) is 19.1 Å². The first-order chi connectivity index (χ1) is 20.4. The second-order valence-corrected chi connectivity index (χ2v) is 16.8. The first-order valence-corrected chi connectivity index (χ1v) is 17.6. The molecule has 0 spiro atoms. The summed E-state index contributed by atoms with van der Waals surface area (Å²) >= 11 is 0. The summed E-state index contributed by atoms with van der Waals surface area (Å²) in [4.78, 5) is 32.4. The van der Waals surface area contributed by atoms with E-state index in [0.717, 1.165) is 53.7 Å². The van der Waals surface area contributed by atoms with E-state index in [2.05, 4.69) is 43.8 Å². The van der Waals surface area contributed by atoms with Crippen LogP contribution in [-0.4, -0.2) is 60.0 Å². The zero-order valence-electron chi connectivity index (χ0n) is 26.6. The van der Waals surface area contributed by atoms with Crippen LogP contribution in [0.5, 0.6) is 11.5 Å². The summed E-state index contributed by atoms with van der Waals surface area (Å²) in [5.74, 6) is 1.43. The fourth-order valence-corrected chi connectivity index (χ4v) is 5.38. The van der Waals surface area contributed by atoms with Crippen LogP contribution in [-0.2, 0) is 17.5 Å². The Morgan fingerprint density at radius 3 is 1.65 bits per heavy atom. The van der Waals surface area contributed by atoms with Crippen molar-refractivity contribution in [1.29, 1.82) is 0 Å². The molecule has 2 aromatic heterocycles. The molecule has 0 bridgehead atoms. The van der Waals surface area contributed by atoms with Crippen LogP contribution in [0.15, 0.2) is 58.4 Å². The standard InChI is InChI=1S/C19H30N2O3Si.C13H16N2O3/c1-19(2,3)25(5,6)24-12-8-7-11-21-17-13-15(23-4)9-10-16(17)20-14-18(21)22;1-18-10-4-5-11-12(8-10)15(6-2-3-7-16)13(17)9-14-11/h9-10,13-14H,7-8,11-12H2,1-6H3;4-5,8-9,16H,2-3,6-7H2,1H3. The number of methoxy groups -OCH3 is 2. The summed E-state index contributed by atoms with van der Waals surface area (Å²) in [6.45, 7) is 13.4.